The molecule has 0 fully saturated rings. The topological polar surface area (TPSA) is 74.6 Å². The minimum Gasteiger partial charge on any atom is -0.493 e. The van der Waals surface area contributed by atoms with E-state index in [0.29, 0.717) is 40.5 Å². The van der Waals surface area contributed by atoms with Crippen molar-refractivity contribution in [1.29, 1.82) is 0 Å². The molecule has 4 rings (SSSR count). The average Bonchev–Trinajstić information content (AvgIpc) is 2.82. The Bertz CT molecular complexity index is 1240. The Morgan fingerprint density at radius 3 is 2.42 bits per heavy atom. The van der Waals surface area contributed by atoms with Crippen molar-refractivity contribution in [3.05, 3.63) is 94.5 Å². The first-order valence-electron chi connectivity index (χ1n) is 9.83. The van der Waals surface area contributed by atoms with Crippen molar-refractivity contribution in [2.24, 2.45) is 0 Å². The molecule has 1 N–H and O–H groups in total. The fourth-order valence-corrected chi connectivity index (χ4v) is 3.26. The lowest BCUT2D eigenvalue weighted by molar-refractivity contribution is 0.290. The lowest BCUT2D eigenvalue weighted by Gasteiger charge is -2.16. The number of benzene rings is 3. The Labute approximate surface area is 179 Å². The Morgan fingerprint density at radius 2 is 1.65 bits per heavy atom. The van der Waals surface area contributed by atoms with Crippen LogP contribution in [0.1, 0.15) is 11.4 Å². The van der Waals surface area contributed by atoms with E-state index in [1.807, 2.05) is 66.7 Å². The van der Waals surface area contributed by atoms with Crippen LogP contribution in [0, 0.1) is 0 Å². The Morgan fingerprint density at radius 1 is 0.903 bits per heavy atom. The molecule has 0 saturated carbocycles. The maximum atomic E-state index is 13.2. The molecule has 158 valence electrons. The third-order valence-electron chi connectivity index (χ3n) is 4.85. The molecule has 7 nitrogen and oxygen atoms in total. The number of fused-ring (bicyclic) bond motifs is 1. The van der Waals surface area contributed by atoms with Crippen LogP contribution in [0.15, 0.2) is 77.6 Å². The van der Waals surface area contributed by atoms with E-state index in [1.54, 1.807) is 20.3 Å². The summed E-state index contributed by atoms with van der Waals surface area (Å²) in [5, 5.41) is 0.533. The molecule has 0 amide bonds. The van der Waals surface area contributed by atoms with Crippen molar-refractivity contribution in [2.75, 3.05) is 19.6 Å². The van der Waals surface area contributed by atoms with Crippen molar-refractivity contribution >= 4 is 10.9 Å². The smallest absolute Gasteiger partial charge is 0.280 e. The molecule has 1 aromatic heterocycles. The number of aromatic nitrogens is 2. The van der Waals surface area contributed by atoms with Crippen molar-refractivity contribution in [1.82, 2.24) is 9.66 Å². The molecule has 0 saturated heterocycles. The van der Waals surface area contributed by atoms with Crippen LogP contribution in [0.25, 0.3) is 10.9 Å². The van der Waals surface area contributed by atoms with Gasteiger partial charge in [-0.3, -0.25) is 4.79 Å². The fraction of sp³-hybridized carbons (Fsp3) is 0.167. The van der Waals surface area contributed by atoms with Crippen molar-refractivity contribution in [3.63, 3.8) is 0 Å². The van der Waals surface area contributed by atoms with Crippen LogP contribution in [0.3, 0.4) is 0 Å². The van der Waals surface area contributed by atoms with Gasteiger partial charge < -0.3 is 19.6 Å². The summed E-state index contributed by atoms with van der Waals surface area (Å²) < 4.78 is 18.0. The molecule has 0 spiro atoms. The highest BCUT2D eigenvalue weighted by Gasteiger charge is 2.12. The van der Waals surface area contributed by atoms with Gasteiger partial charge in [-0.2, -0.15) is 0 Å². The number of nitrogens with zero attached hydrogens (tertiary/aromatic N) is 2. The van der Waals surface area contributed by atoms with Crippen LogP contribution >= 0.6 is 0 Å². The summed E-state index contributed by atoms with van der Waals surface area (Å²) in [7, 11) is 3.18. The second kappa shape index (κ2) is 9.21. The monoisotopic (exact) mass is 417 g/mol. The highest BCUT2D eigenvalue weighted by molar-refractivity contribution is 5.77. The first kappa shape index (κ1) is 20.3. The average molecular weight is 417 g/mol. The normalized spacial score (nSPS) is 10.6. The van der Waals surface area contributed by atoms with E-state index in [1.165, 1.54) is 4.68 Å². The molecule has 0 aliphatic carbocycles. The van der Waals surface area contributed by atoms with Gasteiger partial charge in [0.05, 0.1) is 31.7 Å². The summed E-state index contributed by atoms with van der Waals surface area (Å²) >= 11 is 0. The largest absolute Gasteiger partial charge is 0.493 e. The van der Waals surface area contributed by atoms with Crippen LogP contribution in [-0.2, 0) is 13.2 Å². The van der Waals surface area contributed by atoms with Gasteiger partial charge in [0, 0.05) is 0 Å². The molecule has 0 aliphatic heterocycles. The Balaban J connectivity index is 1.65. The number of para-hydroxylation sites is 2. The molecular formula is C24H23N3O4. The minimum atomic E-state index is -0.183. The van der Waals surface area contributed by atoms with E-state index < -0.39 is 0 Å². The molecule has 7 heteroatoms. The predicted molar refractivity (Wildman–Crippen MR) is 119 cm³/mol. The van der Waals surface area contributed by atoms with E-state index in [4.69, 9.17) is 14.2 Å². The predicted octanol–water partition coefficient (Wildman–Crippen LogP) is 3.74. The lowest BCUT2D eigenvalue weighted by Crippen LogP contribution is -2.33. The van der Waals surface area contributed by atoms with Gasteiger partial charge in [-0.25, -0.2) is 9.66 Å². The highest BCUT2D eigenvalue weighted by atomic mass is 16.5. The first-order valence-corrected chi connectivity index (χ1v) is 9.83. The van der Waals surface area contributed by atoms with Gasteiger partial charge in [-0.1, -0.05) is 36.4 Å². The fourth-order valence-electron chi connectivity index (χ4n) is 3.26. The van der Waals surface area contributed by atoms with Gasteiger partial charge in [-0.15, -0.1) is 0 Å². The van der Waals surface area contributed by atoms with Gasteiger partial charge >= 0.3 is 0 Å². The molecule has 0 unspecified atom stereocenters. The minimum absolute atomic E-state index is 0.142. The van der Waals surface area contributed by atoms with Gasteiger partial charge in [0.2, 0.25) is 0 Å². The summed E-state index contributed by atoms with van der Waals surface area (Å²) in [5.74, 6) is 2.45. The summed E-state index contributed by atoms with van der Waals surface area (Å²) in [4.78, 5) is 17.8. The summed E-state index contributed by atoms with van der Waals surface area (Å²) in [6.07, 6.45) is 0. The zero-order chi connectivity index (χ0) is 21.6. The van der Waals surface area contributed by atoms with E-state index in [9.17, 15) is 4.79 Å². The molecule has 4 aromatic rings. The van der Waals surface area contributed by atoms with E-state index in [0.717, 1.165) is 5.56 Å². The van der Waals surface area contributed by atoms with Crippen LogP contribution in [0.4, 0.5) is 0 Å². The quantitative estimate of drug-likeness (QED) is 0.471. The number of nitrogens with one attached hydrogen (secondary N) is 1. The van der Waals surface area contributed by atoms with E-state index >= 15 is 0 Å². The van der Waals surface area contributed by atoms with Crippen LogP contribution in [0.2, 0.25) is 0 Å². The maximum absolute atomic E-state index is 13.2. The summed E-state index contributed by atoms with van der Waals surface area (Å²) in [5.41, 5.74) is 4.55. The number of ether oxygens (including phenoxy) is 3. The van der Waals surface area contributed by atoms with Crippen molar-refractivity contribution in [3.8, 4) is 17.2 Å². The molecule has 0 radical (unpaired) electrons. The van der Waals surface area contributed by atoms with Gasteiger partial charge in [-0.05, 0) is 42.0 Å². The first-order chi connectivity index (χ1) is 15.2. The summed E-state index contributed by atoms with van der Waals surface area (Å²) in [6.45, 7) is 0.529. The van der Waals surface area contributed by atoms with Crippen LogP contribution in [-0.4, -0.2) is 23.9 Å². The SMILES string of the molecule is COc1ccc(CNn2c(COc3ccccc3)nc3ccccc3c2=O)cc1OC. The Hall–Kier alpha value is -4.00. The molecule has 0 atom stereocenters. The van der Waals surface area contributed by atoms with E-state index in [2.05, 4.69) is 10.4 Å². The number of rotatable bonds is 8. The van der Waals surface area contributed by atoms with Gasteiger partial charge in [0.25, 0.3) is 5.56 Å². The maximum Gasteiger partial charge on any atom is 0.280 e. The van der Waals surface area contributed by atoms with Crippen molar-refractivity contribution in [2.45, 2.75) is 13.2 Å². The number of hydrogen-bond acceptors (Lipinski definition) is 6. The van der Waals surface area contributed by atoms with Crippen molar-refractivity contribution < 1.29 is 14.2 Å². The Kier molecular flexibility index (Phi) is 6.03. The molecule has 0 aliphatic rings. The second-order valence-corrected chi connectivity index (χ2v) is 6.81. The van der Waals surface area contributed by atoms with Crippen LogP contribution < -0.4 is 25.2 Å². The standard InChI is InChI=1S/C24H23N3O4/c1-29-21-13-12-17(14-22(21)30-2)15-25-27-23(16-31-18-8-4-3-5-9-18)26-20-11-7-6-10-19(20)24(27)28/h3-14,25H,15-16H2,1-2H3. The third-order valence-corrected chi connectivity index (χ3v) is 4.85. The zero-order valence-electron chi connectivity index (χ0n) is 17.4. The molecule has 31 heavy (non-hydrogen) atoms. The summed E-state index contributed by atoms with van der Waals surface area (Å²) in [6, 6.07) is 22.3. The number of methoxy groups -OCH3 is 2. The van der Waals surface area contributed by atoms with Gasteiger partial charge in [0.15, 0.2) is 17.3 Å². The molecular weight excluding hydrogens is 394 g/mol. The van der Waals surface area contributed by atoms with E-state index in [-0.39, 0.29) is 12.2 Å². The molecule has 3 aromatic carbocycles. The zero-order valence-corrected chi connectivity index (χ0v) is 17.4. The third kappa shape index (κ3) is 4.45. The lowest BCUT2D eigenvalue weighted by atomic mass is 10.2. The number of hydrogen-bond donors (Lipinski definition) is 1. The molecule has 0 bridgehead atoms. The second-order valence-electron chi connectivity index (χ2n) is 6.81. The van der Waals surface area contributed by atoms with Gasteiger partial charge in [0.1, 0.15) is 12.4 Å². The highest BCUT2D eigenvalue weighted by Crippen LogP contribution is 2.27. The van der Waals surface area contributed by atoms with Crippen LogP contribution in [0.5, 0.6) is 17.2 Å². The molecule has 1 heterocycles.